The summed E-state index contributed by atoms with van der Waals surface area (Å²) >= 11 is 0. The lowest BCUT2D eigenvalue weighted by molar-refractivity contribution is -0.131. The molecule has 1 N–H and O–H groups in total. The van der Waals surface area contributed by atoms with Crippen molar-refractivity contribution < 1.29 is 9.53 Å². The summed E-state index contributed by atoms with van der Waals surface area (Å²) in [5.74, 6) is 1.84. The van der Waals surface area contributed by atoms with Gasteiger partial charge < -0.3 is 15.0 Å². The van der Waals surface area contributed by atoms with Gasteiger partial charge in [-0.05, 0) is 49.2 Å². The highest BCUT2D eigenvalue weighted by Gasteiger charge is 2.10. The second kappa shape index (κ2) is 10.4. The Morgan fingerprint density at radius 2 is 1.52 bits per heavy atom. The van der Waals surface area contributed by atoms with Crippen LogP contribution in [0.3, 0.4) is 0 Å². The number of hydrogen-bond acceptors (Lipinski definition) is 3. The molecule has 134 valence electrons. The molecular formula is C21H28N2O2. The maximum absolute atomic E-state index is 12.2. The summed E-state index contributed by atoms with van der Waals surface area (Å²) in [5, 5.41) is 3.30. The molecule has 0 aromatic heterocycles. The average molecular weight is 340 g/mol. The summed E-state index contributed by atoms with van der Waals surface area (Å²) in [6.07, 6.45) is 2.52. The first kappa shape index (κ1) is 18.8. The van der Waals surface area contributed by atoms with Gasteiger partial charge >= 0.3 is 0 Å². The maximum Gasteiger partial charge on any atom is 0.224 e. The van der Waals surface area contributed by atoms with Crippen LogP contribution in [-0.4, -0.2) is 30.4 Å². The maximum atomic E-state index is 12.2. The molecule has 0 heterocycles. The third kappa shape index (κ3) is 6.49. The lowest BCUT2D eigenvalue weighted by atomic mass is 10.2. The van der Waals surface area contributed by atoms with Gasteiger partial charge in [-0.15, -0.1) is 0 Å². The minimum atomic E-state index is 0.222. The van der Waals surface area contributed by atoms with E-state index in [2.05, 4.69) is 19.2 Å². The van der Waals surface area contributed by atoms with Crippen molar-refractivity contribution in [2.75, 3.05) is 25.0 Å². The number of amides is 1. The number of nitrogens with zero attached hydrogens (tertiary/aromatic N) is 1. The number of nitrogens with one attached hydrogen (secondary N) is 1. The molecule has 0 bridgehead atoms. The molecule has 0 aliphatic carbocycles. The lowest BCUT2D eigenvalue weighted by Crippen LogP contribution is -2.33. The molecule has 25 heavy (non-hydrogen) atoms. The van der Waals surface area contributed by atoms with E-state index in [4.69, 9.17) is 4.74 Å². The Hall–Kier alpha value is -2.49. The first-order chi connectivity index (χ1) is 12.2. The van der Waals surface area contributed by atoms with Crippen LogP contribution in [0.1, 0.15) is 33.1 Å². The van der Waals surface area contributed by atoms with E-state index in [1.807, 2.05) is 59.5 Å². The van der Waals surface area contributed by atoms with Crippen LogP contribution < -0.4 is 10.1 Å². The van der Waals surface area contributed by atoms with E-state index in [0.29, 0.717) is 13.0 Å². The molecule has 4 nitrogen and oxygen atoms in total. The molecule has 0 aliphatic heterocycles. The van der Waals surface area contributed by atoms with E-state index in [1.165, 1.54) is 0 Å². The molecular weight excluding hydrogens is 312 g/mol. The van der Waals surface area contributed by atoms with E-state index < -0.39 is 0 Å². The third-order valence-electron chi connectivity index (χ3n) is 3.84. The Morgan fingerprint density at radius 1 is 0.920 bits per heavy atom. The number of hydrogen-bond donors (Lipinski definition) is 1. The summed E-state index contributed by atoms with van der Waals surface area (Å²) < 4.78 is 5.77. The number of ether oxygens (including phenoxy) is 1. The molecule has 0 spiro atoms. The van der Waals surface area contributed by atoms with Crippen LogP contribution >= 0.6 is 0 Å². The summed E-state index contributed by atoms with van der Waals surface area (Å²) in [6.45, 7) is 6.54. The predicted molar refractivity (Wildman–Crippen MR) is 103 cm³/mol. The van der Waals surface area contributed by atoms with Crippen molar-refractivity contribution in [3.63, 3.8) is 0 Å². The highest BCUT2D eigenvalue weighted by molar-refractivity contribution is 5.76. The van der Waals surface area contributed by atoms with Crippen molar-refractivity contribution in [3.8, 4) is 11.5 Å². The zero-order valence-electron chi connectivity index (χ0n) is 15.2. The van der Waals surface area contributed by atoms with Crippen LogP contribution in [0.4, 0.5) is 5.69 Å². The second-order valence-corrected chi connectivity index (χ2v) is 6.00. The SMILES string of the molecule is CCCN(CCC)C(=O)CCNc1ccc(Oc2ccccc2)cc1. The smallest absolute Gasteiger partial charge is 0.224 e. The van der Waals surface area contributed by atoms with E-state index >= 15 is 0 Å². The Labute approximate surface area is 150 Å². The number of anilines is 1. The van der Waals surface area contributed by atoms with Crippen LogP contribution in [0.2, 0.25) is 0 Å². The molecule has 0 unspecified atom stereocenters. The van der Waals surface area contributed by atoms with Crippen LogP contribution in [0.25, 0.3) is 0 Å². The molecule has 2 rings (SSSR count). The number of carbonyl (C=O) groups is 1. The van der Waals surface area contributed by atoms with Gasteiger partial charge in [0.15, 0.2) is 0 Å². The van der Waals surface area contributed by atoms with Gasteiger partial charge in [-0.3, -0.25) is 4.79 Å². The summed E-state index contributed by atoms with van der Waals surface area (Å²) in [7, 11) is 0. The highest BCUT2D eigenvalue weighted by atomic mass is 16.5. The fraction of sp³-hybridized carbons (Fsp3) is 0.381. The van der Waals surface area contributed by atoms with Crippen molar-refractivity contribution in [1.29, 1.82) is 0 Å². The van der Waals surface area contributed by atoms with Gasteiger partial charge in [-0.25, -0.2) is 0 Å². The molecule has 0 aliphatic rings. The van der Waals surface area contributed by atoms with Crippen LogP contribution in [0, 0.1) is 0 Å². The minimum Gasteiger partial charge on any atom is -0.457 e. The Balaban J connectivity index is 1.78. The van der Waals surface area contributed by atoms with Gasteiger partial charge in [-0.2, -0.15) is 0 Å². The molecule has 0 atom stereocenters. The highest BCUT2D eigenvalue weighted by Crippen LogP contribution is 2.22. The number of rotatable bonds is 10. The molecule has 2 aromatic rings. The summed E-state index contributed by atoms with van der Waals surface area (Å²) in [6, 6.07) is 17.5. The quantitative estimate of drug-likeness (QED) is 0.667. The Kier molecular flexibility index (Phi) is 7.83. The zero-order chi connectivity index (χ0) is 17.9. The van der Waals surface area contributed by atoms with Gasteiger partial charge in [0, 0.05) is 31.7 Å². The molecule has 0 saturated carbocycles. The van der Waals surface area contributed by atoms with E-state index in [9.17, 15) is 4.79 Å². The molecule has 1 amide bonds. The topological polar surface area (TPSA) is 41.6 Å². The standard InChI is InChI=1S/C21H28N2O2/c1-3-16-23(17-4-2)21(24)14-15-22-18-10-12-20(13-11-18)25-19-8-6-5-7-9-19/h5-13,22H,3-4,14-17H2,1-2H3. The first-order valence-electron chi connectivity index (χ1n) is 9.07. The third-order valence-corrected chi connectivity index (χ3v) is 3.84. The predicted octanol–water partition coefficient (Wildman–Crippen LogP) is 4.93. The number of benzene rings is 2. The van der Waals surface area contributed by atoms with Gasteiger partial charge in [-0.1, -0.05) is 32.0 Å². The average Bonchev–Trinajstić information content (AvgIpc) is 2.64. The minimum absolute atomic E-state index is 0.222. The lowest BCUT2D eigenvalue weighted by Gasteiger charge is -2.21. The van der Waals surface area contributed by atoms with Crippen LogP contribution in [-0.2, 0) is 4.79 Å². The number of para-hydroxylation sites is 1. The van der Waals surface area contributed by atoms with Crippen molar-refractivity contribution >= 4 is 11.6 Å². The van der Waals surface area contributed by atoms with E-state index in [0.717, 1.165) is 43.1 Å². The monoisotopic (exact) mass is 340 g/mol. The fourth-order valence-corrected chi connectivity index (χ4v) is 2.64. The first-order valence-corrected chi connectivity index (χ1v) is 9.07. The fourth-order valence-electron chi connectivity index (χ4n) is 2.64. The van der Waals surface area contributed by atoms with Crippen molar-refractivity contribution in [1.82, 2.24) is 4.90 Å². The Bertz CT molecular complexity index is 620. The molecule has 4 heteroatoms. The summed E-state index contributed by atoms with van der Waals surface area (Å²) in [5.41, 5.74) is 0.991. The molecule has 0 saturated heterocycles. The second-order valence-electron chi connectivity index (χ2n) is 6.00. The van der Waals surface area contributed by atoms with Crippen LogP contribution in [0.5, 0.6) is 11.5 Å². The number of carbonyl (C=O) groups excluding carboxylic acids is 1. The van der Waals surface area contributed by atoms with Gasteiger partial charge in [0.05, 0.1) is 0 Å². The normalized spacial score (nSPS) is 10.3. The largest absolute Gasteiger partial charge is 0.457 e. The van der Waals surface area contributed by atoms with Gasteiger partial charge in [0.2, 0.25) is 5.91 Å². The van der Waals surface area contributed by atoms with Crippen molar-refractivity contribution in [2.24, 2.45) is 0 Å². The van der Waals surface area contributed by atoms with E-state index in [-0.39, 0.29) is 5.91 Å². The zero-order valence-corrected chi connectivity index (χ0v) is 15.2. The van der Waals surface area contributed by atoms with Gasteiger partial charge in [0.1, 0.15) is 11.5 Å². The van der Waals surface area contributed by atoms with E-state index in [1.54, 1.807) is 0 Å². The van der Waals surface area contributed by atoms with Gasteiger partial charge in [0.25, 0.3) is 0 Å². The molecule has 2 aromatic carbocycles. The Morgan fingerprint density at radius 3 is 2.12 bits per heavy atom. The molecule has 0 fully saturated rings. The van der Waals surface area contributed by atoms with Crippen LogP contribution in [0.15, 0.2) is 54.6 Å². The summed E-state index contributed by atoms with van der Waals surface area (Å²) in [4.78, 5) is 14.2. The van der Waals surface area contributed by atoms with Crippen molar-refractivity contribution in [3.05, 3.63) is 54.6 Å². The van der Waals surface area contributed by atoms with Crippen molar-refractivity contribution in [2.45, 2.75) is 33.1 Å². The molecule has 0 radical (unpaired) electrons.